The fraction of sp³-hybridized carbons (Fsp3) is 0.231. The molecule has 1 aliphatic rings. The molecule has 19 heavy (non-hydrogen) atoms. The van der Waals surface area contributed by atoms with Crippen LogP contribution in [0.5, 0.6) is 0 Å². The molecule has 0 spiro atoms. The molecule has 98 valence electrons. The average Bonchev–Trinajstić information content (AvgIpc) is 2.75. The first-order chi connectivity index (χ1) is 9.13. The molecule has 1 aromatic carbocycles. The molecule has 6 nitrogen and oxygen atoms in total. The van der Waals surface area contributed by atoms with Gasteiger partial charge in [-0.15, -0.1) is 0 Å². The van der Waals surface area contributed by atoms with Crippen molar-refractivity contribution in [2.45, 2.75) is 18.9 Å². The molecule has 2 heterocycles. The van der Waals surface area contributed by atoms with Crippen LogP contribution in [0.25, 0.3) is 11.0 Å². The van der Waals surface area contributed by atoms with E-state index in [4.69, 9.17) is 10.2 Å². The van der Waals surface area contributed by atoms with Gasteiger partial charge >= 0.3 is 0 Å². The molecule has 6 heteroatoms. The number of nitrogens with one attached hydrogen (secondary N) is 2. The summed E-state index contributed by atoms with van der Waals surface area (Å²) in [6, 6.07) is 4.91. The quantitative estimate of drug-likeness (QED) is 0.556. The van der Waals surface area contributed by atoms with Gasteiger partial charge in [0, 0.05) is 23.6 Å². The molecule has 4 N–H and O–H groups in total. The highest BCUT2D eigenvalue weighted by molar-refractivity contribution is 6.02. The van der Waals surface area contributed by atoms with E-state index in [9.17, 15) is 9.59 Å². The van der Waals surface area contributed by atoms with Crippen LogP contribution in [-0.4, -0.2) is 17.9 Å². The van der Waals surface area contributed by atoms with Crippen LogP contribution in [0, 0.1) is 0 Å². The third-order valence-corrected chi connectivity index (χ3v) is 3.17. The Morgan fingerprint density at radius 2 is 2.21 bits per heavy atom. The van der Waals surface area contributed by atoms with Crippen LogP contribution in [0.4, 0.5) is 11.4 Å². The SMILES string of the molecule is Nc1ccc2c(NC3CCC(=O)NC3=O)coc2c1. The zero-order valence-corrected chi connectivity index (χ0v) is 10.1. The van der Waals surface area contributed by atoms with Crippen molar-refractivity contribution >= 4 is 34.2 Å². The van der Waals surface area contributed by atoms with Crippen molar-refractivity contribution in [3.05, 3.63) is 24.5 Å². The van der Waals surface area contributed by atoms with Crippen molar-refractivity contribution in [1.82, 2.24) is 5.32 Å². The number of fused-ring (bicyclic) bond motifs is 1. The Labute approximate surface area is 108 Å². The summed E-state index contributed by atoms with van der Waals surface area (Å²) in [7, 11) is 0. The number of carbonyl (C=O) groups excluding carboxylic acids is 2. The number of amides is 2. The van der Waals surface area contributed by atoms with E-state index in [-0.39, 0.29) is 11.8 Å². The van der Waals surface area contributed by atoms with Crippen molar-refractivity contribution in [1.29, 1.82) is 0 Å². The Balaban J connectivity index is 1.85. The minimum atomic E-state index is -0.420. The molecule has 2 amide bonds. The summed E-state index contributed by atoms with van der Waals surface area (Å²) in [6.07, 6.45) is 2.37. The first-order valence-electron chi connectivity index (χ1n) is 6.00. The Kier molecular flexibility index (Phi) is 2.63. The number of anilines is 2. The molecular weight excluding hydrogens is 246 g/mol. The summed E-state index contributed by atoms with van der Waals surface area (Å²) in [6.45, 7) is 0. The number of nitrogens with two attached hydrogens (primary N) is 1. The van der Waals surface area contributed by atoms with Gasteiger partial charge in [0.15, 0.2) is 0 Å². The Morgan fingerprint density at radius 1 is 1.37 bits per heavy atom. The third-order valence-electron chi connectivity index (χ3n) is 3.17. The van der Waals surface area contributed by atoms with E-state index in [0.717, 1.165) is 11.1 Å². The highest BCUT2D eigenvalue weighted by atomic mass is 16.3. The van der Waals surface area contributed by atoms with Crippen LogP contribution in [0.2, 0.25) is 0 Å². The van der Waals surface area contributed by atoms with Gasteiger partial charge in [-0.25, -0.2) is 0 Å². The van der Waals surface area contributed by atoms with Crippen molar-refractivity contribution in [2.24, 2.45) is 0 Å². The standard InChI is InChI=1S/C13H13N3O3/c14-7-1-2-8-10(6-19-11(8)5-7)15-9-3-4-12(17)16-13(9)18/h1-2,5-6,9,15H,3-4,14H2,(H,16,17,18). The minimum Gasteiger partial charge on any atom is -0.462 e. The van der Waals surface area contributed by atoms with E-state index in [1.165, 1.54) is 0 Å². The predicted molar refractivity (Wildman–Crippen MR) is 70.4 cm³/mol. The van der Waals surface area contributed by atoms with Crippen LogP contribution >= 0.6 is 0 Å². The number of piperidine rings is 1. The smallest absolute Gasteiger partial charge is 0.249 e. The molecule has 1 saturated heterocycles. The maximum absolute atomic E-state index is 11.7. The van der Waals surface area contributed by atoms with Crippen LogP contribution < -0.4 is 16.4 Å². The maximum atomic E-state index is 11.7. The molecule has 2 aromatic rings. The molecule has 0 saturated carbocycles. The Bertz CT molecular complexity index is 662. The van der Waals surface area contributed by atoms with Gasteiger partial charge in [0.05, 0.1) is 5.69 Å². The molecule has 0 radical (unpaired) electrons. The average molecular weight is 259 g/mol. The normalized spacial score (nSPS) is 19.5. The number of imide groups is 1. The highest BCUT2D eigenvalue weighted by Gasteiger charge is 2.27. The van der Waals surface area contributed by atoms with E-state index >= 15 is 0 Å². The number of furan rings is 1. The topological polar surface area (TPSA) is 97.4 Å². The van der Waals surface area contributed by atoms with E-state index in [1.807, 2.05) is 6.07 Å². The highest BCUT2D eigenvalue weighted by Crippen LogP contribution is 2.28. The van der Waals surface area contributed by atoms with Gasteiger partial charge in [-0.3, -0.25) is 14.9 Å². The van der Waals surface area contributed by atoms with Gasteiger partial charge in [0.25, 0.3) is 0 Å². The number of rotatable bonds is 2. The van der Waals surface area contributed by atoms with Crippen LogP contribution in [0.15, 0.2) is 28.9 Å². The summed E-state index contributed by atoms with van der Waals surface area (Å²) in [4.78, 5) is 22.8. The minimum absolute atomic E-state index is 0.229. The molecule has 1 unspecified atom stereocenters. The van der Waals surface area contributed by atoms with E-state index in [2.05, 4.69) is 10.6 Å². The lowest BCUT2D eigenvalue weighted by molar-refractivity contribution is -0.133. The summed E-state index contributed by atoms with van der Waals surface area (Å²) in [5, 5.41) is 6.26. The van der Waals surface area contributed by atoms with Crippen molar-refractivity contribution in [2.75, 3.05) is 11.1 Å². The summed E-state index contributed by atoms with van der Waals surface area (Å²) in [5.41, 5.74) is 7.68. The van der Waals surface area contributed by atoms with Gasteiger partial charge in [-0.2, -0.15) is 0 Å². The van der Waals surface area contributed by atoms with Gasteiger partial charge in [0.1, 0.15) is 17.9 Å². The maximum Gasteiger partial charge on any atom is 0.249 e. The van der Waals surface area contributed by atoms with Gasteiger partial charge in [-0.1, -0.05) is 0 Å². The molecule has 1 atom stereocenters. The van der Waals surface area contributed by atoms with Crippen molar-refractivity contribution in [3.8, 4) is 0 Å². The Morgan fingerprint density at radius 3 is 3.00 bits per heavy atom. The van der Waals surface area contributed by atoms with Crippen LogP contribution in [-0.2, 0) is 9.59 Å². The number of carbonyl (C=O) groups is 2. The second kappa shape index (κ2) is 4.31. The molecular formula is C13H13N3O3. The summed E-state index contributed by atoms with van der Waals surface area (Å²) < 4.78 is 5.39. The molecule has 1 fully saturated rings. The zero-order valence-electron chi connectivity index (χ0n) is 10.1. The first kappa shape index (κ1) is 11.6. The van der Waals surface area contributed by atoms with E-state index < -0.39 is 6.04 Å². The van der Waals surface area contributed by atoms with E-state index in [0.29, 0.717) is 24.1 Å². The van der Waals surface area contributed by atoms with Crippen molar-refractivity contribution < 1.29 is 14.0 Å². The Hall–Kier alpha value is -2.50. The molecule has 0 aliphatic carbocycles. The predicted octanol–water partition coefficient (Wildman–Crippen LogP) is 1.23. The second-order valence-corrected chi connectivity index (χ2v) is 4.55. The summed E-state index contributed by atoms with van der Waals surface area (Å²) in [5.74, 6) is -0.533. The van der Waals surface area contributed by atoms with E-state index in [1.54, 1.807) is 18.4 Å². The fourth-order valence-electron chi connectivity index (χ4n) is 2.18. The lowest BCUT2D eigenvalue weighted by Gasteiger charge is -2.22. The number of benzene rings is 1. The molecule has 3 rings (SSSR count). The summed E-state index contributed by atoms with van der Waals surface area (Å²) >= 11 is 0. The second-order valence-electron chi connectivity index (χ2n) is 4.55. The number of hydrogen-bond donors (Lipinski definition) is 3. The molecule has 0 bridgehead atoms. The molecule has 1 aliphatic heterocycles. The monoisotopic (exact) mass is 259 g/mol. The van der Waals surface area contributed by atoms with Crippen LogP contribution in [0.3, 0.4) is 0 Å². The number of hydrogen-bond acceptors (Lipinski definition) is 5. The van der Waals surface area contributed by atoms with Crippen molar-refractivity contribution in [3.63, 3.8) is 0 Å². The van der Waals surface area contributed by atoms with Crippen LogP contribution in [0.1, 0.15) is 12.8 Å². The third kappa shape index (κ3) is 2.12. The largest absolute Gasteiger partial charge is 0.462 e. The van der Waals surface area contributed by atoms with Gasteiger partial charge < -0.3 is 15.5 Å². The molecule has 1 aromatic heterocycles. The number of nitrogen functional groups attached to an aromatic ring is 1. The lowest BCUT2D eigenvalue weighted by Crippen LogP contribution is -2.47. The lowest BCUT2D eigenvalue weighted by atomic mass is 10.1. The first-order valence-corrected chi connectivity index (χ1v) is 6.00. The fourth-order valence-corrected chi connectivity index (χ4v) is 2.18. The van der Waals surface area contributed by atoms with Gasteiger partial charge in [-0.05, 0) is 18.6 Å². The zero-order chi connectivity index (χ0) is 13.4. The van der Waals surface area contributed by atoms with Gasteiger partial charge in [0.2, 0.25) is 11.8 Å².